The van der Waals surface area contributed by atoms with Gasteiger partial charge in [-0.15, -0.1) is 0 Å². The van der Waals surface area contributed by atoms with E-state index in [-0.39, 0.29) is 23.9 Å². The molecule has 0 saturated heterocycles. The lowest BCUT2D eigenvalue weighted by molar-refractivity contribution is 0.0693. The van der Waals surface area contributed by atoms with Crippen molar-refractivity contribution in [2.24, 2.45) is 0 Å². The minimum atomic E-state index is -0.414. The average Bonchev–Trinajstić information content (AvgIpc) is 2.97. The number of anilines is 1. The molecular formula is C22H16ClN3O3. The van der Waals surface area contributed by atoms with Crippen molar-refractivity contribution in [1.29, 1.82) is 0 Å². The van der Waals surface area contributed by atoms with E-state index in [1.165, 1.54) is 19.2 Å². The molecule has 3 amide bonds. The maximum absolute atomic E-state index is 13.4. The number of hydrogen-bond donors (Lipinski definition) is 0. The summed E-state index contributed by atoms with van der Waals surface area (Å²) >= 11 is 5.99. The molecule has 0 bridgehead atoms. The van der Waals surface area contributed by atoms with Crippen molar-refractivity contribution in [3.63, 3.8) is 0 Å². The lowest BCUT2D eigenvalue weighted by atomic mass is 10.0. The monoisotopic (exact) mass is 405 g/mol. The molecule has 0 radical (unpaired) electrons. The second kappa shape index (κ2) is 7.48. The zero-order valence-electron chi connectivity index (χ0n) is 15.5. The molecule has 0 fully saturated rings. The van der Waals surface area contributed by atoms with Gasteiger partial charge in [0, 0.05) is 29.5 Å². The van der Waals surface area contributed by atoms with Gasteiger partial charge in [0.1, 0.15) is 0 Å². The van der Waals surface area contributed by atoms with Crippen LogP contribution in [0.25, 0.3) is 0 Å². The molecule has 144 valence electrons. The van der Waals surface area contributed by atoms with Gasteiger partial charge in [-0.3, -0.25) is 24.3 Å². The molecule has 2 aromatic carbocycles. The van der Waals surface area contributed by atoms with Crippen LogP contribution in [-0.4, -0.2) is 34.7 Å². The SMILES string of the molecule is CN1C(=O)c2ccc(C(=O)N(Cc3ccccn3)c3ccc(Cl)cc3)cc2C1=O. The highest BCUT2D eigenvalue weighted by atomic mass is 35.5. The molecule has 0 spiro atoms. The predicted octanol–water partition coefficient (Wildman–Crippen LogP) is 3.81. The van der Waals surface area contributed by atoms with Crippen LogP contribution in [0.5, 0.6) is 0 Å². The summed E-state index contributed by atoms with van der Waals surface area (Å²) in [6.45, 7) is 0.241. The summed E-state index contributed by atoms with van der Waals surface area (Å²) in [6, 6.07) is 16.9. The highest BCUT2D eigenvalue weighted by molar-refractivity contribution is 6.30. The van der Waals surface area contributed by atoms with Crippen molar-refractivity contribution in [3.8, 4) is 0 Å². The number of imide groups is 1. The number of rotatable bonds is 4. The second-order valence-corrected chi connectivity index (χ2v) is 7.05. The third kappa shape index (κ3) is 3.50. The van der Waals surface area contributed by atoms with Crippen LogP contribution >= 0.6 is 11.6 Å². The minimum Gasteiger partial charge on any atom is -0.302 e. The molecule has 1 aliphatic rings. The van der Waals surface area contributed by atoms with Gasteiger partial charge in [-0.1, -0.05) is 17.7 Å². The first-order chi connectivity index (χ1) is 14.0. The van der Waals surface area contributed by atoms with Gasteiger partial charge >= 0.3 is 0 Å². The third-order valence-electron chi connectivity index (χ3n) is 4.77. The number of carbonyl (C=O) groups is 3. The molecule has 0 saturated carbocycles. The van der Waals surface area contributed by atoms with E-state index in [0.717, 1.165) is 4.90 Å². The maximum Gasteiger partial charge on any atom is 0.261 e. The number of benzene rings is 2. The molecule has 4 rings (SSSR count). The van der Waals surface area contributed by atoms with E-state index in [1.54, 1.807) is 47.5 Å². The van der Waals surface area contributed by atoms with Crippen LogP contribution in [0.15, 0.2) is 66.9 Å². The van der Waals surface area contributed by atoms with E-state index in [4.69, 9.17) is 11.6 Å². The van der Waals surface area contributed by atoms with E-state index in [2.05, 4.69) is 4.98 Å². The minimum absolute atomic E-state index is 0.234. The summed E-state index contributed by atoms with van der Waals surface area (Å²) in [7, 11) is 1.42. The highest BCUT2D eigenvalue weighted by Gasteiger charge is 2.33. The van der Waals surface area contributed by atoms with Crippen LogP contribution in [0, 0.1) is 0 Å². The number of halogens is 1. The molecule has 0 N–H and O–H groups in total. The topological polar surface area (TPSA) is 70.6 Å². The Kier molecular flexibility index (Phi) is 4.86. The number of nitrogens with zero attached hydrogens (tertiary/aromatic N) is 3. The molecule has 1 aliphatic heterocycles. The maximum atomic E-state index is 13.4. The van der Waals surface area contributed by atoms with Crippen LogP contribution < -0.4 is 4.90 Å². The zero-order chi connectivity index (χ0) is 20.5. The first kappa shape index (κ1) is 18.8. The van der Waals surface area contributed by atoms with E-state index in [1.807, 2.05) is 12.1 Å². The van der Waals surface area contributed by atoms with Gasteiger partial charge in [0.15, 0.2) is 0 Å². The molecule has 3 aromatic rings. The van der Waals surface area contributed by atoms with Crippen molar-refractivity contribution >= 4 is 35.0 Å². The Morgan fingerprint density at radius 3 is 2.41 bits per heavy atom. The van der Waals surface area contributed by atoms with Crippen molar-refractivity contribution in [2.75, 3.05) is 11.9 Å². The van der Waals surface area contributed by atoms with Gasteiger partial charge in [-0.05, 0) is 54.6 Å². The summed E-state index contributed by atoms with van der Waals surface area (Å²) in [4.78, 5) is 44.7. The standard InChI is InChI=1S/C22H16ClN3O3/c1-25-21(28)18-10-5-14(12-19(18)22(25)29)20(27)26(13-16-4-2-3-11-24-16)17-8-6-15(23)7-9-17/h2-12H,13H2,1H3. The van der Waals surface area contributed by atoms with E-state index < -0.39 is 5.91 Å². The Morgan fingerprint density at radius 2 is 1.72 bits per heavy atom. The highest BCUT2D eigenvalue weighted by Crippen LogP contribution is 2.26. The smallest absolute Gasteiger partial charge is 0.261 e. The fourth-order valence-corrected chi connectivity index (χ4v) is 3.33. The zero-order valence-corrected chi connectivity index (χ0v) is 16.3. The Labute approximate surface area is 172 Å². The molecule has 2 heterocycles. The number of carbonyl (C=O) groups excluding carboxylic acids is 3. The largest absolute Gasteiger partial charge is 0.302 e. The number of amides is 3. The fourth-order valence-electron chi connectivity index (χ4n) is 3.21. The Bertz CT molecular complexity index is 1110. The van der Waals surface area contributed by atoms with Crippen molar-refractivity contribution < 1.29 is 14.4 Å². The van der Waals surface area contributed by atoms with E-state index in [9.17, 15) is 14.4 Å². The number of hydrogen-bond acceptors (Lipinski definition) is 4. The van der Waals surface area contributed by atoms with Crippen LogP contribution in [-0.2, 0) is 6.54 Å². The number of aromatic nitrogens is 1. The van der Waals surface area contributed by atoms with Gasteiger partial charge in [-0.25, -0.2) is 0 Å². The molecular weight excluding hydrogens is 390 g/mol. The van der Waals surface area contributed by atoms with Gasteiger partial charge in [-0.2, -0.15) is 0 Å². The molecule has 0 aliphatic carbocycles. The summed E-state index contributed by atoms with van der Waals surface area (Å²) in [6.07, 6.45) is 1.66. The number of fused-ring (bicyclic) bond motifs is 1. The van der Waals surface area contributed by atoms with E-state index >= 15 is 0 Å². The molecule has 29 heavy (non-hydrogen) atoms. The Morgan fingerprint density at radius 1 is 1.00 bits per heavy atom. The molecule has 6 nitrogen and oxygen atoms in total. The van der Waals surface area contributed by atoms with Gasteiger partial charge in [0.05, 0.1) is 23.4 Å². The van der Waals surface area contributed by atoms with Gasteiger partial charge < -0.3 is 4.90 Å². The number of pyridine rings is 1. The van der Waals surface area contributed by atoms with Crippen LogP contribution in [0.3, 0.4) is 0 Å². The predicted molar refractivity (Wildman–Crippen MR) is 109 cm³/mol. The Hall–Kier alpha value is -3.51. The van der Waals surface area contributed by atoms with Gasteiger partial charge in [0.25, 0.3) is 17.7 Å². The van der Waals surface area contributed by atoms with Crippen molar-refractivity contribution in [3.05, 3.63) is 94.3 Å². The van der Waals surface area contributed by atoms with E-state index in [0.29, 0.717) is 27.5 Å². The summed E-state index contributed by atoms with van der Waals surface area (Å²) in [5.41, 5.74) is 2.20. The third-order valence-corrected chi connectivity index (χ3v) is 5.02. The Balaban J connectivity index is 1.73. The van der Waals surface area contributed by atoms with Gasteiger partial charge in [0.2, 0.25) is 0 Å². The lowest BCUT2D eigenvalue weighted by Gasteiger charge is -2.23. The lowest BCUT2D eigenvalue weighted by Crippen LogP contribution is -2.31. The molecule has 1 aromatic heterocycles. The first-order valence-electron chi connectivity index (χ1n) is 8.89. The van der Waals surface area contributed by atoms with Crippen LogP contribution in [0.2, 0.25) is 5.02 Å². The first-order valence-corrected chi connectivity index (χ1v) is 9.27. The summed E-state index contributed by atoms with van der Waals surface area (Å²) < 4.78 is 0. The van der Waals surface area contributed by atoms with Crippen LogP contribution in [0.4, 0.5) is 5.69 Å². The average molecular weight is 406 g/mol. The van der Waals surface area contributed by atoms with Crippen LogP contribution in [0.1, 0.15) is 36.8 Å². The second-order valence-electron chi connectivity index (χ2n) is 6.62. The van der Waals surface area contributed by atoms with Crippen molar-refractivity contribution in [1.82, 2.24) is 9.88 Å². The quantitative estimate of drug-likeness (QED) is 0.619. The molecule has 0 atom stereocenters. The summed E-state index contributed by atoms with van der Waals surface area (Å²) in [5, 5.41) is 0.559. The fraction of sp³-hybridized carbons (Fsp3) is 0.0909. The molecule has 0 unspecified atom stereocenters. The summed E-state index contributed by atoms with van der Waals surface area (Å²) in [5.74, 6) is -1.09. The molecule has 7 heteroatoms. The van der Waals surface area contributed by atoms with Crippen molar-refractivity contribution in [2.45, 2.75) is 6.54 Å². The normalized spacial score (nSPS) is 12.8.